The Bertz CT molecular complexity index is 2110. The molecule has 0 saturated heterocycles. The summed E-state index contributed by atoms with van der Waals surface area (Å²) in [7, 11) is 0. The van der Waals surface area contributed by atoms with E-state index in [1.807, 2.05) is 11.3 Å². The first kappa shape index (κ1) is 23.0. The van der Waals surface area contributed by atoms with Crippen LogP contribution < -0.4 is 10.6 Å². The fraction of sp³-hybridized carbons (Fsp3) is 0.0526. The van der Waals surface area contributed by atoms with Gasteiger partial charge in [-0.25, -0.2) is 0 Å². The topological polar surface area (TPSA) is 24.1 Å². The lowest BCUT2D eigenvalue weighted by Gasteiger charge is -2.35. The van der Waals surface area contributed by atoms with Crippen LogP contribution in [0.1, 0.15) is 28.9 Å². The van der Waals surface area contributed by atoms with Crippen LogP contribution in [0.3, 0.4) is 0 Å². The smallest absolute Gasteiger partial charge is 0.105 e. The standard InChI is InChI=1S/C38H26N2S/c1-3-11-23(12-4-1)26-21-22-30(34-29-19-10-16-24-15-9-18-28(32(24)29)33(26)34)37-39-36(25-13-5-2-6-14-25)35-27-17-7-8-20-31(27)41-38(35)40-37/h1-22,36-37,39-40H. The number of rotatable bonds is 3. The van der Waals surface area contributed by atoms with Crippen molar-refractivity contribution < 1.29 is 0 Å². The maximum Gasteiger partial charge on any atom is 0.105 e. The van der Waals surface area contributed by atoms with Crippen molar-refractivity contribution in [2.24, 2.45) is 0 Å². The van der Waals surface area contributed by atoms with Gasteiger partial charge in [-0.2, -0.15) is 0 Å². The Morgan fingerprint density at radius 3 is 2.07 bits per heavy atom. The van der Waals surface area contributed by atoms with Crippen LogP contribution in [0.25, 0.3) is 54.2 Å². The van der Waals surface area contributed by atoms with E-state index in [9.17, 15) is 0 Å². The minimum atomic E-state index is -0.0519. The monoisotopic (exact) mass is 542 g/mol. The van der Waals surface area contributed by atoms with Crippen molar-refractivity contribution in [2.45, 2.75) is 12.2 Å². The summed E-state index contributed by atoms with van der Waals surface area (Å²) in [5, 5.41) is 13.2. The summed E-state index contributed by atoms with van der Waals surface area (Å²) < 4.78 is 1.32. The fourth-order valence-electron chi connectivity index (χ4n) is 7.00. The molecule has 2 N–H and O–H groups in total. The van der Waals surface area contributed by atoms with Gasteiger partial charge in [0.05, 0.1) is 11.0 Å². The third-order valence-electron chi connectivity index (χ3n) is 8.74. The maximum atomic E-state index is 4.06. The highest BCUT2D eigenvalue weighted by molar-refractivity contribution is 7.23. The van der Waals surface area contributed by atoms with Gasteiger partial charge >= 0.3 is 0 Å². The zero-order valence-electron chi connectivity index (χ0n) is 22.3. The normalized spacial score (nSPS) is 16.9. The van der Waals surface area contributed by atoms with Crippen molar-refractivity contribution >= 4 is 37.2 Å². The van der Waals surface area contributed by atoms with E-state index in [1.54, 1.807) is 0 Å². The predicted molar refractivity (Wildman–Crippen MR) is 173 cm³/mol. The van der Waals surface area contributed by atoms with Gasteiger partial charge in [-0.05, 0) is 66.7 Å². The molecule has 3 heteroatoms. The second kappa shape index (κ2) is 8.90. The molecule has 9 rings (SSSR count). The van der Waals surface area contributed by atoms with Crippen molar-refractivity contribution in [3.63, 3.8) is 0 Å². The zero-order chi connectivity index (χ0) is 26.9. The van der Waals surface area contributed by atoms with Gasteiger partial charge in [-0.3, -0.25) is 5.32 Å². The molecule has 194 valence electrons. The molecule has 2 nitrogen and oxygen atoms in total. The molecule has 7 aromatic rings. The molecule has 1 aliphatic heterocycles. The van der Waals surface area contributed by atoms with Crippen LogP contribution in [-0.4, -0.2) is 0 Å². The molecular formula is C38H26N2S. The van der Waals surface area contributed by atoms with Crippen LogP contribution in [0, 0.1) is 0 Å². The average Bonchev–Trinajstić information content (AvgIpc) is 3.59. The molecular weight excluding hydrogens is 516 g/mol. The number of hydrogen-bond acceptors (Lipinski definition) is 3. The minimum Gasteiger partial charge on any atom is -0.357 e. The van der Waals surface area contributed by atoms with Crippen LogP contribution in [0.15, 0.2) is 133 Å². The molecule has 0 saturated carbocycles. The summed E-state index contributed by atoms with van der Waals surface area (Å²) in [6.07, 6.45) is -0.0519. The van der Waals surface area contributed by atoms with E-state index in [-0.39, 0.29) is 12.2 Å². The molecule has 6 aromatic carbocycles. The molecule has 2 heterocycles. The van der Waals surface area contributed by atoms with Crippen molar-refractivity contribution in [3.8, 4) is 33.4 Å². The number of hydrogen-bond donors (Lipinski definition) is 2. The van der Waals surface area contributed by atoms with Gasteiger partial charge in [0.15, 0.2) is 0 Å². The van der Waals surface area contributed by atoms with Gasteiger partial charge in [0.1, 0.15) is 6.17 Å². The van der Waals surface area contributed by atoms with Crippen molar-refractivity contribution in [3.05, 3.63) is 150 Å². The molecule has 1 aromatic heterocycles. The quantitative estimate of drug-likeness (QED) is 0.232. The zero-order valence-corrected chi connectivity index (χ0v) is 23.1. The highest BCUT2D eigenvalue weighted by Gasteiger charge is 2.35. The van der Waals surface area contributed by atoms with Gasteiger partial charge in [0, 0.05) is 10.3 Å². The number of nitrogens with one attached hydrogen (secondary N) is 2. The molecule has 41 heavy (non-hydrogen) atoms. The molecule has 2 aliphatic rings. The first-order valence-electron chi connectivity index (χ1n) is 14.2. The lowest BCUT2D eigenvalue weighted by molar-refractivity contribution is 0.512. The Morgan fingerprint density at radius 1 is 0.561 bits per heavy atom. The Labute approximate surface area is 242 Å². The molecule has 0 radical (unpaired) electrons. The van der Waals surface area contributed by atoms with E-state index >= 15 is 0 Å². The second-order valence-electron chi connectivity index (χ2n) is 11.0. The molecule has 0 bridgehead atoms. The largest absolute Gasteiger partial charge is 0.357 e. The first-order valence-corrected chi connectivity index (χ1v) is 15.0. The summed E-state index contributed by atoms with van der Waals surface area (Å²) in [5.41, 5.74) is 11.8. The Morgan fingerprint density at radius 2 is 1.27 bits per heavy atom. The molecule has 2 unspecified atom stereocenters. The maximum absolute atomic E-state index is 4.06. The number of benzene rings is 6. The van der Waals surface area contributed by atoms with Gasteiger partial charge in [0.2, 0.25) is 0 Å². The van der Waals surface area contributed by atoms with Crippen LogP contribution in [0.4, 0.5) is 5.00 Å². The Kier molecular flexibility index (Phi) is 5.00. The first-order chi connectivity index (χ1) is 20.3. The molecule has 0 amide bonds. The van der Waals surface area contributed by atoms with Crippen molar-refractivity contribution in [1.82, 2.24) is 5.32 Å². The van der Waals surface area contributed by atoms with E-state index in [0.717, 1.165) is 0 Å². The summed E-state index contributed by atoms with van der Waals surface area (Å²) >= 11 is 1.86. The van der Waals surface area contributed by atoms with Crippen LogP contribution in [0.2, 0.25) is 0 Å². The van der Waals surface area contributed by atoms with Crippen LogP contribution in [0.5, 0.6) is 0 Å². The Hall–Kier alpha value is -4.70. The third kappa shape index (κ3) is 3.40. The SMILES string of the molecule is c1ccc(-c2ccc(C3Nc4sc5ccccc5c4C(c4ccccc4)N3)c3c2-c2cccc4cccc-3c24)cc1. The predicted octanol–water partition coefficient (Wildman–Crippen LogP) is 10.2. The summed E-state index contributed by atoms with van der Waals surface area (Å²) in [6.45, 7) is 0. The number of thiophene rings is 1. The van der Waals surface area contributed by atoms with E-state index in [2.05, 4.69) is 144 Å². The van der Waals surface area contributed by atoms with E-state index in [4.69, 9.17) is 0 Å². The highest BCUT2D eigenvalue weighted by atomic mass is 32.1. The highest BCUT2D eigenvalue weighted by Crippen LogP contribution is 2.55. The fourth-order valence-corrected chi connectivity index (χ4v) is 8.17. The van der Waals surface area contributed by atoms with Crippen LogP contribution >= 0.6 is 11.3 Å². The van der Waals surface area contributed by atoms with E-state index in [1.165, 1.54) is 75.9 Å². The summed E-state index contributed by atoms with van der Waals surface area (Å²) in [5.74, 6) is 0. The second-order valence-corrected chi connectivity index (χ2v) is 12.0. The van der Waals surface area contributed by atoms with E-state index < -0.39 is 0 Å². The van der Waals surface area contributed by atoms with Crippen molar-refractivity contribution in [2.75, 3.05) is 5.32 Å². The number of fused-ring (bicyclic) bond motifs is 6. The molecule has 0 spiro atoms. The molecule has 0 fully saturated rings. The van der Waals surface area contributed by atoms with Gasteiger partial charge in [0.25, 0.3) is 0 Å². The van der Waals surface area contributed by atoms with Gasteiger partial charge < -0.3 is 5.32 Å². The lowest BCUT2D eigenvalue weighted by atomic mass is 9.88. The van der Waals surface area contributed by atoms with Crippen molar-refractivity contribution in [1.29, 1.82) is 0 Å². The minimum absolute atomic E-state index is 0.0519. The Balaban J connectivity index is 1.29. The van der Waals surface area contributed by atoms with Gasteiger partial charge in [-0.1, -0.05) is 127 Å². The third-order valence-corrected chi connectivity index (χ3v) is 9.86. The summed E-state index contributed by atoms with van der Waals surface area (Å²) in [6, 6.07) is 48.7. The number of anilines is 1. The van der Waals surface area contributed by atoms with Gasteiger partial charge in [-0.15, -0.1) is 11.3 Å². The average molecular weight is 543 g/mol. The van der Waals surface area contributed by atoms with Crippen LogP contribution in [-0.2, 0) is 0 Å². The molecule has 1 aliphatic carbocycles. The summed E-state index contributed by atoms with van der Waals surface area (Å²) in [4.78, 5) is 0. The lowest BCUT2D eigenvalue weighted by Crippen LogP contribution is -2.36. The van der Waals surface area contributed by atoms with E-state index in [0.29, 0.717) is 0 Å². The molecule has 2 atom stereocenters.